The molecular weight excluding hydrogens is 302 g/mol. The molecule has 1 aliphatic rings. The Kier molecular flexibility index (Phi) is 5.29. The van der Waals surface area contributed by atoms with Crippen molar-refractivity contribution in [1.82, 2.24) is 0 Å². The zero-order valence-electron chi connectivity index (χ0n) is 13.8. The average molecular weight is 323 g/mol. The molecule has 0 saturated carbocycles. The third-order valence-electron chi connectivity index (χ3n) is 3.94. The molecule has 1 aromatic carbocycles. The van der Waals surface area contributed by atoms with Gasteiger partial charge in [-0.05, 0) is 61.0 Å². The number of carbonyl (C=O) groups excluding carboxylic acids is 1. The molecule has 0 amide bonds. The van der Waals surface area contributed by atoms with E-state index in [2.05, 4.69) is 4.90 Å². The molecule has 4 heteroatoms. The van der Waals surface area contributed by atoms with Gasteiger partial charge in [-0.3, -0.25) is 4.79 Å². The fraction of sp³-hybridized carbons (Fsp3) is 0.250. The van der Waals surface area contributed by atoms with Gasteiger partial charge in [-0.1, -0.05) is 6.08 Å². The summed E-state index contributed by atoms with van der Waals surface area (Å²) in [6.45, 7) is 5.23. The van der Waals surface area contributed by atoms with Crippen LogP contribution in [-0.2, 0) is 4.74 Å². The third-order valence-corrected chi connectivity index (χ3v) is 3.94. The second kappa shape index (κ2) is 7.79. The second-order valence-corrected chi connectivity index (χ2v) is 5.75. The van der Waals surface area contributed by atoms with Crippen LogP contribution in [0.4, 0.5) is 5.69 Å². The normalized spacial score (nSPS) is 15.9. The molecule has 0 N–H and O–H groups in total. The quantitative estimate of drug-likeness (QED) is 0.474. The van der Waals surface area contributed by atoms with E-state index in [0.29, 0.717) is 5.56 Å². The van der Waals surface area contributed by atoms with E-state index in [4.69, 9.17) is 9.15 Å². The maximum atomic E-state index is 12.3. The van der Waals surface area contributed by atoms with Gasteiger partial charge in [0.15, 0.2) is 5.78 Å². The van der Waals surface area contributed by atoms with Crippen molar-refractivity contribution in [2.45, 2.75) is 6.92 Å². The highest BCUT2D eigenvalue weighted by molar-refractivity contribution is 6.05. The summed E-state index contributed by atoms with van der Waals surface area (Å²) >= 11 is 0. The monoisotopic (exact) mass is 323 g/mol. The summed E-state index contributed by atoms with van der Waals surface area (Å²) in [5.41, 5.74) is 2.78. The lowest BCUT2D eigenvalue weighted by Gasteiger charge is -2.28. The Labute approximate surface area is 142 Å². The Morgan fingerprint density at radius 2 is 1.83 bits per heavy atom. The highest BCUT2D eigenvalue weighted by Gasteiger charge is 2.11. The van der Waals surface area contributed by atoms with Crippen LogP contribution in [0.1, 0.15) is 23.0 Å². The Hall–Kier alpha value is -2.59. The average Bonchev–Trinajstić information content (AvgIpc) is 3.13. The van der Waals surface area contributed by atoms with Crippen LogP contribution in [0.3, 0.4) is 0 Å². The van der Waals surface area contributed by atoms with Gasteiger partial charge in [0.1, 0.15) is 5.76 Å². The minimum Gasteiger partial charge on any atom is -0.465 e. The molecule has 0 spiro atoms. The lowest BCUT2D eigenvalue weighted by Crippen LogP contribution is -2.36. The van der Waals surface area contributed by atoms with Gasteiger partial charge in [0.05, 0.1) is 19.5 Å². The number of hydrogen-bond donors (Lipinski definition) is 0. The van der Waals surface area contributed by atoms with Crippen LogP contribution in [-0.4, -0.2) is 32.1 Å². The lowest BCUT2D eigenvalue weighted by atomic mass is 10.1. The largest absolute Gasteiger partial charge is 0.465 e. The van der Waals surface area contributed by atoms with Gasteiger partial charge in [-0.2, -0.15) is 0 Å². The molecule has 1 fully saturated rings. The first-order chi connectivity index (χ1) is 11.7. The van der Waals surface area contributed by atoms with E-state index in [0.717, 1.165) is 43.3 Å². The Bertz CT molecular complexity index is 721. The standard InChI is InChI=1S/C20H21NO3/c1-16(15-19-3-2-12-24-19)4-9-20(22)17-5-7-18(8-6-17)21-10-13-23-14-11-21/h2-9,12,15H,10-11,13-14H2,1H3/b9-4+,16-15+. The van der Waals surface area contributed by atoms with Gasteiger partial charge in [0.25, 0.3) is 0 Å². The summed E-state index contributed by atoms with van der Waals surface area (Å²) in [6, 6.07) is 11.5. The minimum atomic E-state index is -0.00396. The number of ketones is 1. The van der Waals surface area contributed by atoms with E-state index in [-0.39, 0.29) is 5.78 Å². The van der Waals surface area contributed by atoms with Crippen LogP contribution in [0, 0.1) is 0 Å². The predicted molar refractivity (Wildman–Crippen MR) is 95.3 cm³/mol. The van der Waals surface area contributed by atoms with Crippen LogP contribution in [0.5, 0.6) is 0 Å². The number of furan rings is 1. The number of morpholine rings is 1. The molecule has 0 atom stereocenters. The highest BCUT2D eigenvalue weighted by Crippen LogP contribution is 2.17. The molecule has 0 radical (unpaired) electrons. The molecule has 2 aromatic rings. The zero-order valence-corrected chi connectivity index (χ0v) is 13.8. The summed E-state index contributed by atoms with van der Waals surface area (Å²) in [5, 5.41) is 0. The molecule has 4 nitrogen and oxygen atoms in total. The molecule has 0 unspecified atom stereocenters. The lowest BCUT2D eigenvalue weighted by molar-refractivity contribution is 0.104. The van der Waals surface area contributed by atoms with Crippen molar-refractivity contribution in [3.8, 4) is 0 Å². The van der Waals surface area contributed by atoms with Crippen molar-refractivity contribution in [1.29, 1.82) is 0 Å². The predicted octanol–water partition coefficient (Wildman–Crippen LogP) is 3.96. The number of anilines is 1. The van der Waals surface area contributed by atoms with Crippen molar-refractivity contribution in [2.24, 2.45) is 0 Å². The van der Waals surface area contributed by atoms with E-state index in [9.17, 15) is 4.79 Å². The van der Waals surface area contributed by atoms with Crippen LogP contribution >= 0.6 is 0 Å². The van der Waals surface area contributed by atoms with Crippen molar-refractivity contribution < 1.29 is 13.9 Å². The molecule has 124 valence electrons. The Morgan fingerprint density at radius 3 is 2.50 bits per heavy atom. The number of nitrogens with zero attached hydrogens (tertiary/aromatic N) is 1. The summed E-state index contributed by atoms with van der Waals surface area (Å²) in [4.78, 5) is 14.5. The maximum absolute atomic E-state index is 12.3. The minimum absolute atomic E-state index is 0.00396. The first-order valence-corrected chi connectivity index (χ1v) is 8.09. The zero-order chi connectivity index (χ0) is 16.8. The molecule has 1 saturated heterocycles. The summed E-state index contributed by atoms with van der Waals surface area (Å²) in [5.74, 6) is 0.773. The smallest absolute Gasteiger partial charge is 0.185 e. The summed E-state index contributed by atoms with van der Waals surface area (Å²) in [7, 11) is 0. The fourth-order valence-electron chi connectivity index (χ4n) is 2.61. The number of ether oxygens (including phenoxy) is 1. The van der Waals surface area contributed by atoms with Gasteiger partial charge < -0.3 is 14.1 Å². The number of hydrogen-bond acceptors (Lipinski definition) is 4. The van der Waals surface area contributed by atoms with Crippen molar-refractivity contribution in [2.75, 3.05) is 31.2 Å². The number of carbonyl (C=O) groups is 1. The highest BCUT2D eigenvalue weighted by atomic mass is 16.5. The molecule has 1 aliphatic heterocycles. The first-order valence-electron chi connectivity index (χ1n) is 8.09. The number of benzene rings is 1. The van der Waals surface area contributed by atoms with Crippen LogP contribution in [0.15, 0.2) is 64.8 Å². The van der Waals surface area contributed by atoms with Gasteiger partial charge >= 0.3 is 0 Å². The molecule has 0 bridgehead atoms. The Morgan fingerprint density at radius 1 is 1.08 bits per heavy atom. The van der Waals surface area contributed by atoms with Crippen molar-refractivity contribution in [3.05, 3.63) is 71.7 Å². The molecule has 2 heterocycles. The molecule has 24 heavy (non-hydrogen) atoms. The molecule has 1 aromatic heterocycles. The van der Waals surface area contributed by atoms with Crippen LogP contribution < -0.4 is 4.90 Å². The van der Waals surface area contributed by atoms with Crippen molar-refractivity contribution >= 4 is 17.5 Å². The van der Waals surface area contributed by atoms with Crippen LogP contribution in [0.25, 0.3) is 6.08 Å². The number of rotatable bonds is 5. The van der Waals surface area contributed by atoms with E-state index < -0.39 is 0 Å². The molecular formula is C20H21NO3. The fourth-order valence-corrected chi connectivity index (χ4v) is 2.61. The summed E-state index contributed by atoms with van der Waals surface area (Å²) < 4.78 is 10.6. The number of allylic oxidation sites excluding steroid dienone is 3. The summed E-state index contributed by atoms with van der Waals surface area (Å²) in [6.07, 6.45) is 6.93. The van der Waals surface area contributed by atoms with E-state index in [1.54, 1.807) is 18.4 Å². The first kappa shape index (κ1) is 16.3. The van der Waals surface area contributed by atoms with Crippen LogP contribution in [0.2, 0.25) is 0 Å². The topological polar surface area (TPSA) is 42.7 Å². The Balaban J connectivity index is 1.63. The van der Waals surface area contributed by atoms with E-state index in [1.807, 2.05) is 49.4 Å². The SMILES string of the molecule is CC(/C=C/C(=O)c1ccc(N2CCOCC2)cc1)=C\c1ccco1. The van der Waals surface area contributed by atoms with Crippen molar-refractivity contribution in [3.63, 3.8) is 0 Å². The van der Waals surface area contributed by atoms with Gasteiger partial charge in [0, 0.05) is 24.3 Å². The van der Waals surface area contributed by atoms with E-state index >= 15 is 0 Å². The van der Waals surface area contributed by atoms with Gasteiger partial charge in [-0.25, -0.2) is 0 Å². The second-order valence-electron chi connectivity index (χ2n) is 5.75. The van der Waals surface area contributed by atoms with E-state index in [1.165, 1.54) is 0 Å². The molecule has 3 rings (SSSR count). The van der Waals surface area contributed by atoms with Gasteiger partial charge in [0.2, 0.25) is 0 Å². The maximum Gasteiger partial charge on any atom is 0.185 e. The third kappa shape index (κ3) is 4.24. The molecule has 0 aliphatic carbocycles. The van der Waals surface area contributed by atoms with Gasteiger partial charge in [-0.15, -0.1) is 0 Å².